The molecule has 0 aromatic carbocycles. The summed E-state index contributed by atoms with van der Waals surface area (Å²) >= 11 is 0. The van der Waals surface area contributed by atoms with Crippen molar-refractivity contribution in [3.8, 4) is 0 Å². The molecule has 0 saturated heterocycles. The van der Waals surface area contributed by atoms with E-state index in [0.717, 1.165) is 0 Å². The molecule has 0 aliphatic rings. The van der Waals surface area contributed by atoms with E-state index in [0.29, 0.717) is 0 Å². The van der Waals surface area contributed by atoms with Gasteiger partial charge in [0, 0.05) is 6.07 Å². The molecule has 0 fully saturated rings. The van der Waals surface area contributed by atoms with E-state index in [1.165, 1.54) is 12.1 Å². The predicted octanol–water partition coefficient (Wildman–Crippen LogP) is 0.207. The molecule has 0 spiro atoms. The van der Waals surface area contributed by atoms with Crippen LogP contribution in [0.15, 0.2) is 12.1 Å². The van der Waals surface area contributed by atoms with E-state index in [1.807, 2.05) is 0 Å². The van der Waals surface area contributed by atoms with Crippen molar-refractivity contribution in [1.82, 2.24) is 4.98 Å². The highest BCUT2D eigenvalue weighted by Crippen LogP contribution is 2.08. The van der Waals surface area contributed by atoms with E-state index in [1.54, 1.807) is 0 Å². The fourth-order valence-electron chi connectivity index (χ4n) is 0.647. The van der Waals surface area contributed by atoms with Crippen molar-refractivity contribution >= 4 is 11.7 Å². The van der Waals surface area contributed by atoms with Crippen LogP contribution in [0.5, 0.6) is 0 Å². The number of nitrogens with two attached hydrogens (primary N) is 1. The molecule has 0 amide bonds. The molecule has 0 aliphatic carbocycles. The summed E-state index contributed by atoms with van der Waals surface area (Å²) in [5, 5.41) is 17.0. The maximum Gasteiger partial charge on any atom is 0.321 e. The van der Waals surface area contributed by atoms with Crippen LogP contribution < -0.4 is 5.73 Å². The van der Waals surface area contributed by atoms with Crippen LogP contribution in [0.3, 0.4) is 0 Å². The summed E-state index contributed by atoms with van der Waals surface area (Å²) in [6.07, 6.45) is 0. The molecule has 0 bridgehead atoms. The van der Waals surface area contributed by atoms with Gasteiger partial charge in [0.25, 0.3) is 0 Å². The minimum Gasteiger partial charge on any atom is -0.381 e. The molecule has 1 rings (SSSR count). The van der Waals surface area contributed by atoms with Crippen LogP contribution in [-0.2, 0) is 0 Å². The number of aromatic amines is 1. The quantitative estimate of drug-likeness (QED) is 0.245. The first kappa shape index (κ1) is 7.26. The smallest absolute Gasteiger partial charge is 0.321 e. The Morgan fingerprint density at radius 3 is 2.64 bits per heavy atom. The molecule has 1 heterocycles. The highest BCUT2D eigenvalue weighted by Gasteiger charge is 2.08. The number of hydrogen-bond donors (Lipinski definition) is 3. The van der Waals surface area contributed by atoms with Crippen molar-refractivity contribution in [2.24, 2.45) is 5.73 Å². The van der Waals surface area contributed by atoms with Gasteiger partial charge >= 0.3 is 5.82 Å². The van der Waals surface area contributed by atoms with Gasteiger partial charge < -0.3 is 15.8 Å². The van der Waals surface area contributed by atoms with E-state index in [2.05, 4.69) is 4.98 Å². The zero-order valence-electron chi connectivity index (χ0n) is 5.50. The van der Waals surface area contributed by atoms with Crippen LogP contribution in [0, 0.1) is 15.5 Å². The number of nitrogens with zero attached hydrogens (tertiary/aromatic N) is 1. The summed E-state index contributed by atoms with van der Waals surface area (Å²) in [6, 6.07) is 2.65. The molecule has 0 radical (unpaired) electrons. The van der Waals surface area contributed by atoms with Crippen LogP contribution in [0.4, 0.5) is 5.82 Å². The topological polar surface area (TPSA) is 109 Å². The molecule has 1 aromatic heterocycles. The minimum atomic E-state index is -0.577. The Hall–Kier alpha value is -1.85. The predicted molar refractivity (Wildman–Crippen MR) is 38.5 cm³/mol. The third kappa shape index (κ3) is 1.34. The molecule has 0 atom stereocenters. The molecule has 58 valence electrons. The maximum atomic E-state index is 10.1. The van der Waals surface area contributed by atoms with Crippen LogP contribution in [0.25, 0.3) is 0 Å². The lowest BCUT2D eigenvalue weighted by Gasteiger charge is -1.87. The Bertz CT molecular complexity index is 275. The van der Waals surface area contributed by atoms with Crippen molar-refractivity contribution in [2.45, 2.75) is 0 Å². The molecule has 1 aromatic rings. The van der Waals surface area contributed by atoms with Crippen LogP contribution >= 0.6 is 0 Å². The summed E-state index contributed by atoms with van der Waals surface area (Å²) in [5.74, 6) is -0.367. The number of rotatable bonds is 2. The van der Waals surface area contributed by atoms with Gasteiger partial charge in [-0.1, -0.05) is 0 Å². The second kappa shape index (κ2) is 2.41. The number of H-pyrrole nitrogens is 1. The van der Waals surface area contributed by atoms with Crippen LogP contribution in [0.2, 0.25) is 0 Å². The molecule has 4 N–H and O–H groups in total. The zero-order chi connectivity index (χ0) is 8.43. The Morgan fingerprint density at radius 2 is 2.36 bits per heavy atom. The van der Waals surface area contributed by atoms with E-state index < -0.39 is 4.92 Å². The summed E-state index contributed by atoms with van der Waals surface area (Å²) in [6.45, 7) is 0. The number of nitrogen functional groups attached to an aromatic ring is 1. The first-order valence-electron chi connectivity index (χ1n) is 2.79. The fourth-order valence-corrected chi connectivity index (χ4v) is 0.647. The molecule has 0 aliphatic heterocycles. The third-order valence-corrected chi connectivity index (χ3v) is 1.16. The number of aromatic nitrogens is 1. The molecule has 6 nitrogen and oxygen atoms in total. The van der Waals surface area contributed by atoms with Crippen molar-refractivity contribution < 1.29 is 4.92 Å². The maximum absolute atomic E-state index is 10.1. The number of hydrogen-bond acceptors (Lipinski definition) is 3. The van der Waals surface area contributed by atoms with E-state index in [9.17, 15) is 10.1 Å². The Labute approximate surface area is 61.7 Å². The second-order valence-electron chi connectivity index (χ2n) is 1.93. The van der Waals surface area contributed by atoms with Crippen molar-refractivity contribution in [3.05, 3.63) is 27.9 Å². The van der Waals surface area contributed by atoms with Gasteiger partial charge in [-0.3, -0.25) is 5.41 Å². The SMILES string of the molecule is N=C(N)c1ccc([N+](=O)[O-])[nH]1. The zero-order valence-corrected chi connectivity index (χ0v) is 5.50. The lowest BCUT2D eigenvalue weighted by atomic mass is 10.4. The summed E-state index contributed by atoms with van der Waals surface area (Å²) in [7, 11) is 0. The van der Waals surface area contributed by atoms with E-state index in [-0.39, 0.29) is 17.3 Å². The average molecular weight is 154 g/mol. The molecule has 6 heteroatoms. The fraction of sp³-hybridized carbons (Fsp3) is 0. The monoisotopic (exact) mass is 154 g/mol. The van der Waals surface area contributed by atoms with Gasteiger partial charge in [-0.05, 0) is 11.0 Å². The second-order valence-corrected chi connectivity index (χ2v) is 1.93. The first-order chi connectivity index (χ1) is 5.11. The Kier molecular flexibility index (Phi) is 1.59. The Morgan fingerprint density at radius 1 is 1.73 bits per heavy atom. The normalized spacial score (nSPS) is 9.45. The van der Waals surface area contributed by atoms with Crippen molar-refractivity contribution in [3.63, 3.8) is 0 Å². The number of amidine groups is 1. The number of nitrogens with one attached hydrogen (secondary N) is 2. The van der Waals surface area contributed by atoms with E-state index >= 15 is 0 Å². The first-order valence-corrected chi connectivity index (χ1v) is 2.79. The molecule has 0 unspecified atom stereocenters. The molecule has 11 heavy (non-hydrogen) atoms. The van der Waals surface area contributed by atoms with Gasteiger partial charge in [0.1, 0.15) is 0 Å². The molecular formula is C5H6N4O2. The van der Waals surface area contributed by atoms with Gasteiger partial charge in [0.05, 0.1) is 0 Å². The highest BCUT2D eigenvalue weighted by molar-refractivity contribution is 5.93. The summed E-state index contributed by atoms with van der Waals surface area (Å²) in [4.78, 5) is 11.9. The van der Waals surface area contributed by atoms with Crippen LogP contribution in [-0.4, -0.2) is 15.7 Å². The van der Waals surface area contributed by atoms with Gasteiger partial charge in [-0.2, -0.15) is 0 Å². The van der Waals surface area contributed by atoms with Crippen molar-refractivity contribution in [2.75, 3.05) is 0 Å². The molecule has 0 saturated carbocycles. The van der Waals surface area contributed by atoms with Gasteiger partial charge in [0.15, 0.2) is 11.5 Å². The average Bonchev–Trinajstić information content (AvgIpc) is 2.33. The number of nitro groups is 1. The third-order valence-electron chi connectivity index (χ3n) is 1.16. The summed E-state index contributed by atoms with van der Waals surface area (Å²) < 4.78 is 0. The van der Waals surface area contributed by atoms with Gasteiger partial charge in [0.2, 0.25) is 0 Å². The van der Waals surface area contributed by atoms with Crippen LogP contribution in [0.1, 0.15) is 5.69 Å². The van der Waals surface area contributed by atoms with Gasteiger partial charge in [-0.15, -0.1) is 0 Å². The largest absolute Gasteiger partial charge is 0.381 e. The van der Waals surface area contributed by atoms with Gasteiger partial charge in [-0.25, -0.2) is 4.98 Å². The van der Waals surface area contributed by atoms with Crippen molar-refractivity contribution in [1.29, 1.82) is 5.41 Å². The molecular weight excluding hydrogens is 148 g/mol. The summed E-state index contributed by atoms with van der Waals surface area (Å²) in [5.41, 5.74) is 5.32. The standard InChI is InChI=1S/C5H6N4O2/c6-5(7)3-1-2-4(8-3)9(10)11/h1-2,8H,(H3,6,7). The Balaban J connectivity index is 2.99. The lowest BCUT2D eigenvalue weighted by Crippen LogP contribution is -2.11. The lowest BCUT2D eigenvalue weighted by molar-refractivity contribution is -0.389. The highest BCUT2D eigenvalue weighted by atomic mass is 16.6. The van der Waals surface area contributed by atoms with E-state index in [4.69, 9.17) is 11.1 Å². The minimum absolute atomic E-state index is 0.157.